The van der Waals surface area contributed by atoms with Gasteiger partial charge >= 0.3 is 6.09 Å². The Morgan fingerprint density at radius 2 is 1.96 bits per heavy atom. The number of nitrogens with zero attached hydrogens (tertiary/aromatic N) is 4. The van der Waals surface area contributed by atoms with E-state index in [-0.39, 0.29) is 5.82 Å². The lowest BCUT2D eigenvalue weighted by molar-refractivity contribution is 0.209. The van der Waals surface area contributed by atoms with Crippen LogP contribution in [0.3, 0.4) is 0 Å². The zero-order chi connectivity index (χ0) is 18.1. The van der Waals surface area contributed by atoms with Gasteiger partial charge in [-0.25, -0.2) is 19.3 Å². The number of anilines is 1. The van der Waals surface area contributed by atoms with Crippen molar-refractivity contribution in [2.45, 2.75) is 6.92 Å². The minimum atomic E-state index is -1.16. The van der Waals surface area contributed by atoms with E-state index in [2.05, 4.69) is 21.5 Å². The number of rotatable bonds is 3. The molecule has 7 nitrogen and oxygen atoms in total. The Morgan fingerprint density at radius 3 is 2.77 bits per heavy atom. The summed E-state index contributed by atoms with van der Waals surface area (Å²) in [5, 5.41) is 15.6. The van der Waals surface area contributed by atoms with Crippen molar-refractivity contribution in [2.75, 3.05) is 5.32 Å². The van der Waals surface area contributed by atoms with Crippen LogP contribution in [0, 0.1) is 6.92 Å². The van der Waals surface area contributed by atoms with E-state index in [1.54, 1.807) is 23.0 Å². The van der Waals surface area contributed by atoms with Gasteiger partial charge < -0.3 is 5.11 Å². The van der Waals surface area contributed by atoms with Crippen LogP contribution in [0.4, 0.5) is 10.6 Å². The van der Waals surface area contributed by atoms with E-state index < -0.39 is 6.09 Å². The molecule has 128 valence electrons. The third-order valence-corrected chi connectivity index (χ3v) is 3.95. The van der Waals surface area contributed by atoms with Crippen molar-refractivity contribution >= 4 is 17.6 Å². The standard InChI is InChI=1S/C19H15N5O2/c1-12-4-2-5-13(10-12)17-18(24-16(23-17)6-3-8-21-24)14-7-9-20-15(11-14)22-19(25)26/h2-11H,1H3,(H,20,22)(H,25,26). The zero-order valence-electron chi connectivity index (χ0n) is 13.9. The van der Waals surface area contributed by atoms with Gasteiger partial charge in [-0.2, -0.15) is 5.10 Å². The largest absolute Gasteiger partial charge is 0.465 e. The Morgan fingerprint density at radius 1 is 1.08 bits per heavy atom. The minimum absolute atomic E-state index is 0.246. The molecule has 26 heavy (non-hydrogen) atoms. The summed E-state index contributed by atoms with van der Waals surface area (Å²) in [5.41, 5.74) is 5.13. The number of amides is 1. The number of carboxylic acid groups (broad SMARTS) is 1. The predicted octanol–water partition coefficient (Wildman–Crippen LogP) is 3.86. The Labute approximate surface area is 149 Å². The number of carbonyl (C=O) groups is 1. The fraction of sp³-hybridized carbons (Fsp3) is 0.0526. The van der Waals surface area contributed by atoms with Crippen LogP contribution in [-0.2, 0) is 0 Å². The van der Waals surface area contributed by atoms with E-state index in [1.807, 2.05) is 43.3 Å². The fourth-order valence-corrected chi connectivity index (χ4v) is 2.90. The molecular weight excluding hydrogens is 330 g/mol. The molecule has 4 rings (SSSR count). The van der Waals surface area contributed by atoms with Crippen molar-refractivity contribution in [3.63, 3.8) is 0 Å². The molecule has 7 heteroatoms. The molecule has 1 aromatic carbocycles. The number of fused-ring (bicyclic) bond motifs is 1. The van der Waals surface area contributed by atoms with Gasteiger partial charge in [0.25, 0.3) is 0 Å². The van der Waals surface area contributed by atoms with Crippen molar-refractivity contribution < 1.29 is 9.90 Å². The van der Waals surface area contributed by atoms with E-state index in [9.17, 15) is 4.79 Å². The van der Waals surface area contributed by atoms with E-state index in [0.29, 0.717) is 5.65 Å². The maximum absolute atomic E-state index is 10.9. The zero-order valence-corrected chi connectivity index (χ0v) is 13.9. The lowest BCUT2D eigenvalue weighted by atomic mass is 10.0. The van der Waals surface area contributed by atoms with Crippen molar-refractivity contribution in [1.29, 1.82) is 0 Å². The second-order valence-electron chi connectivity index (χ2n) is 5.83. The molecule has 3 heterocycles. The summed E-state index contributed by atoms with van der Waals surface area (Å²) in [6.45, 7) is 2.03. The third kappa shape index (κ3) is 2.86. The Hall–Kier alpha value is -3.74. The van der Waals surface area contributed by atoms with Gasteiger partial charge in [0.05, 0.1) is 5.69 Å². The molecule has 1 amide bonds. The smallest absolute Gasteiger partial charge is 0.410 e. The highest BCUT2D eigenvalue weighted by atomic mass is 16.4. The van der Waals surface area contributed by atoms with Gasteiger partial charge in [0.2, 0.25) is 0 Å². The van der Waals surface area contributed by atoms with Crippen LogP contribution in [0.2, 0.25) is 0 Å². The second kappa shape index (κ2) is 6.29. The van der Waals surface area contributed by atoms with Gasteiger partial charge in [0, 0.05) is 23.5 Å². The highest BCUT2D eigenvalue weighted by molar-refractivity contribution is 5.85. The second-order valence-corrected chi connectivity index (χ2v) is 5.83. The molecule has 0 atom stereocenters. The van der Waals surface area contributed by atoms with Gasteiger partial charge in [-0.1, -0.05) is 23.8 Å². The van der Waals surface area contributed by atoms with Gasteiger partial charge in [0.15, 0.2) is 5.65 Å². The minimum Gasteiger partial charge on any atom is -0.465 e. The molecule has 0 saturated heterocycles. The lowest BCUT2D eigenvalue weighted by Crippen LogP contribution is -2.08. The molecule has 0 spiro atoms. The van der Waals surface area contributed by atoms with E-state index in [4.69, 9.17) is 10.1 Å². The number of nitrogens with one attached hydrogen (secondary N) is 1. The molecule has 0 fully saturated rings. The van der Waals surface area contributed by atoms with Crippen molar-refractivity contribution in [3.05, 3.63) is 66.5 Å². The first-order valence-corrected chi connectivity index (χ1v) is 7.99. The SMILES string of the molecule is Cc1cccc(-c2nc3cccnn3c2-c2ccnc(NC(=O)O)c2)c1. The molecule has 0 bridgehead atoms. The average molecular weight is 345 g/mol. The molecule has 3 aromatic heterocycles. The molecule has 0 aliphatic heterocycles. The summed E-state index contributed by atoms with van der Waals surface area (Å²) >= 11 is 0. The maximum Gasteiger partial charge on any atom is 0.410 e. The van der Waals surface area contributed by atoms with E-state index >= 15 is 0 Å². The van der Waals surface area contributed by atoms with Crippen molar-refractivity contribution in [3.8, 4) is 22.5 Å². The number of benzene rings is 1. The Bertz CT molecular complexity index is 1120. The highest BCUT2D eigenvalue weighted by Crippen LogP contribution is 2.33. The van der Waals surface area contributed by atoms with Crippen LogP contribution < -0.4 is 5.32 Å². The summed E-state index contributed by atoms with van der Waals surface area (Å²) < 4.78 is 1.75. The number of aromatic nitrogens is 4. The lowest BCUT2D eigenvalue weighted by Gasteiger charge is -2.07. The first-order chi connectivity index (χ1) is 12.6. The average Bonchev–Trinajstić information content (AvgIpc) is 3.01. The monoisotopic (exact) mass is 345 g/mol. The Kier molecular flexibility index (Phi) is 3.81. The quantitative estimate of drug-likeness (QED) is 0.588. The molecule has 0 unspecified atom stereocenters. The van der Waals surface area contributed by atoms with Crippen LogP contribution in [0.25, 0.3) is 28.2 Å². The summed E-state index contributed by atoms with van der Waals surface area (Å²) in [4.78, 5) is 19.7. The van der Waals surface area contributed by atoms with E-state index in [0.717, 1.165) is 28.1 Å². The number of hydrogen-bond acceptors (Lipinski definition) is 4. The normalized spacial score (nSPS) is 10.8. The first-order valence-electron chi connectivity index (χ1n) is 7.99. The molecule has 0 saturated carbocycles. The summed E-state index contributed by atoms with van der Waals surface area (Å²) in [6, 6.07) is 15.3. The third-order valence-electron chi connectivity index (χ3n) is 3.95. The highest BCUT2D eigenvalue weighted by Gasteiger charge is 2.17. The topological polar surface area (TPSA) is 92.4 Å². The number of imidazole rings is 1. The van der Waals surface area contributed by atoms with Crippen LogP contribution >= 0.6 is 0 Å². The summed E-state index contributed by atoms with van der Waals surface area (Å²) in [5.74, 6) is 0.246. The van der Waals surface area contributed by atoms with Gasteiger partial charge in [-0.05, 0) is 37.3 Å². The summed E-state index contributed by atoms with van der Waals surface area (Å²) in [6.07, 6.45) is 2.09. The molecule has 0 radical (unpaired) electrons. The van der Waals surface area contributed by atoms with E-state index in [1.165, 1.54) is 0 Å². The summed E-state index contributed by atoms with van der Waals surface area (Å²) in [7, 11) is 0. The first kappa shape index (κ1) is 15.8. The molecule has 0 aliphatic carbocycles. The number of pyridine rings is 1. The van der Waals surface area contributed by atoms with Crippen LogP contribution in [0.15, 0.2) is 60.9 Å². The van der Waals surface area contributed by atoms with Crippen LogP contribution in [-0.4, -0.2) is 30.8 Å². The van der Waals surface area contributed by atoms with Gasteiger partial charge in [0.1, 0.15) is 11.5 Å². The molecule has 0 aliphatic rings. The van der Waals surface area contributed by atoms with Crippen LogP contribution in [0.5, 0.6) is 0 Å². The Balaban J connectivity index is 1.96. The molecule has 2 N–H and O–H groups in total. The fourth-order valence-electron chi connectivity index (χ4n) is 2.90. The molecular formula is C19H15N5O2. The van der Waals surface area contributed by atoms with Crippen molar-refractivity contribution in [2.24, 2.45) is 0 Å². The predicted molar refractivity (Wildman–Crippen MR) is 98.0 cm³/mol. The molecule has 4 aromatic rings. The number of aryl methyl sites for hydroxylation is 1. The van der Waals surface area contributed by atoms with Gasteiger partial charge in [-0.3, -0.25) is 5.32 Å². The number of hydrogen-bond donors (Lipinski definition) is 2. The van der Waals surface area contributed by atoms with Gasteiger partial charge in [-0.15, -0.1) is 0 Å². The maximum atomic E-state index is 10.9. The van der Waals surface area contributed by atoms with Crippen molar-refractivity contribution in [1.82, 2.24) is 19.6 Å². The van der Waals surface area contributed by atoms with Crippen LogP contribution in [0.1, 0.15) is 5.56 Å².